The van der Waals surface area contributed by atoms with Crippen LogP contribution in [0.5, 0.6) is 0 Å². The summed E-state index contributed by atoms with van der Waals surface area (Å²) >= 11 is 3.29. The van der Waals surface area contributed by atoms with Crippen molar-refractivity contribution in [2.75, 3.05) is 12.4 Å². The molecule has 2 N–H and O–H groups in total. The van der Waals surface area contributed by atoms with Gasteiger partial charge in [0.15, 0.2) is 0 Å². The molecule has 0 bridgehead atoms. The summed E-state index contributed by atoms with van der Waals surface area (Å²) in [4.78, 5) is 16.3. The van der Waals surface area contributed by atoms with Gasteiger partial charge in [-0.1, -0.05) is 12.1 Å². The van der Waals surface area contributed by atoms with Crippen LogP contribution in [0.25, 0.3) is 0 Å². The number of nitrogens with one attached hydrogen (secondary N) is 2. The van der Waals surface area contributed by atoms with Crippen LogP contribution in [0.15, 0.2) is 29.4 Å². The quantitative estimate of drug-likeness (QED) is 0.627. The molecule has 0 aromatic carbocycles. The molecule has 1 rings (SSSR count). The minimum absolute atomic E-state index is 0.0759. The zero-order valence-electron chi connectivity index (χ0n) is 10.7. The van der Waals surface area contributed by atoms with Crippen molar-refractivity contribution in [1.29, 1.82) is 0 Å². The number of carbonyl (C=O) groups is 1. The predicted molar refractivity (Wildman–Crippen MR) is 77.6 cm³/mol. The van der Waals surface area contributed by atoms with Gasteiger partial charge < -0.3 is 10.6 Å². The summed E-state index contributed by atoms with van der Waals surface area (Å²) in [6, 6.07) is 3.52. The molecule has 5 heteroatoms. The van der Waals surface area contributed by atoms with E-state index in [9.17, 15) is 4.79 Å². The van der Waals surface area contributed by atoms with Crippen molar-refractivity contribution in [3.05, 3.63) is 35.0 Å². The molecule has 0 spiro atoms. The average molecular weight is 312 g/mol. The van der Waals surface area contributed by atoms with Gasteiger partial charge in [0.25, 0.3) is 0 Å². The fourth-order valence-corrected chi connectivity index (χ4v) is 1.84. The van der Waals surface area contributed by atoms with Crippen LogP contribution < -0.4 is 10.6 Å². The van der Waals surface area contributed by atoms with Crippen LogP contribution >= 0.6 is 15.9 Å². The van der Waals surface area contributed by atoms with Gasteiger partial charge in [-0.25, -0.2) is 4.98 Å². The summed E-state index contributed by atoms with van der Waals surface area (Å²) in [6.07, 6.45) is 3.32. The molecule has 1 heterocycles. The van der Waals surface area contributed by atoms with E-state index in [2.05, 4.69) is 38.1 Å². The molecule has 1 atom stereocenters. The molecular weight excluding hydrogens is 294 g/mol. The number of carbonyl (C=O) groups excluding carboxylic acids is 1. The second-order valence-corrected chi connectivity index (χ2v) is 4.81. The van der Waals surface area contributed by atoms with E-state index in [0.29, 0.717) is 10.4 Å². The molecule has 98 valence electrons. The lowest BCUT2D eigenvalue weighted by Crippen LogP contribution is -2.38. The molecule has 1 amide bonds. The third-order valence-electron chi connectivity index (χ3n) is 2.63. The number of aryl methyl sites for hydroxylation is 1. The Balaban J connectivity index is 2.72. The highest BCUT2D eigenvalue weighted by Gasteiger charge is 2.16. The van der Waals surface area contributed by atoms with Gasteiger partial charge in [-0.05, 0) is 54.4 Å². The maximum absolute atomic E-state index is 12.0. The van der Waals surface area contributed by atoms with Crippen molar-refractivity contribution < 1.29 is 4.79 Å². The molecule has 1 aromatic heterocycles. The van der Waals surface area contributed by atoms with E-state index < -0.39 is 0 Å². The molecular formula is C13H18BrN3O. The molecule has 4 nitrogen and oxygen atoms in total. The molecule has 0 saturated carbocycles. The zero-order valence-corrected chi connectivity index (χ0v) is 12.3. The molecule has 0 radical (unpaired) electrons. The SMILES string of the molecule is C=CCC[C@H](NC)C(=O)Nc1nc(Br)ccc1C. The van der Waals surface area contributed by atoms with Crippen LogP contribution in [0, 0.1) is 6.92 Å². The number of likely N-dealkylation sites (N-methyl/N-ethyl adjacent to an activating group) is 1. The number of hydrogen-bond acceptors (Lipinski definition) is 3. The van der Waals surface area contributed by atoms with Crippen molar-refractivity contribution in [1.82, 2.24) is 10.3 Å². The Morgan fingerprint density at radius 1 is 1.61 bits per heavy atom. The summed E-state index contributed by atoms with van der Waals surface area (Å²) in [6.45, 7) is 5.57. The molecule has 18 heavy (non-hydrogen) atoms. The van der Waals surface area contributed by atoms with Gasteiger partial charge in [-0.2, -0.15) is 0 Å². The van der Waals surface area contributed by atoms with Crippen molar-refractivity contribution in [2.45, 2.75) is 25.8 Å². The smallest absolute Gasteiger partial charge is 0.242 e. The van der Waals surface area contributed by atoms with Crippen LogP contribution in [0.3, 0.4) is 0 Å². The van der Waals surface area contributed by atoms with Crippen molar-refractivity contribution in [3.8, 4) is 0 Å². The Hall–Kier alpha value is -1.20. The number of amides is 1. The number of rotatable bonds is 6. The summed E-state index contributed by atoms with van der Waals surface area (Å²) < 4.78 is 0.704. The number of anilines is 1. The van der Waals surface area contributed by atoms with Gasteiger partial charge in [0.05, 0.1) is 6.04 Å². The summed E-state index contributed by atoms with van der Waals surface area (Å²) in [5.74, 6) is 0.515. The van der Waals surface area contributed by atoms with Gasteiger partial charge in [0, 0.05) is 0 Å². The molecule has 0 saturated heterocycles. The lowest BCUT2D eigenvalue weighted by molar-refractivity contribution is -0.118. The summed E-state index contributed by atoms with van der Waals surface area (Å²) in [7, 11) is 1.77. The van der Waals surface area contributed by atoms with Crippen LogP contribution in [-0.2, 0) is 4.79 Å². The van der Waals surface area contributed by atoms with E-state index in [-0.39, 0.29) is 11.9 Å². The average Bonchev–Trinajstić information content (AvgIpc) is 2.35. The second kappa shape index (κ2) is 7.28. The first-order chi connectivity index (χ1) is 8.58. The van der Waals surface area contributed by atoms with Crippen molar-refractivity contribution in [2.24, 2.45) is 0 Å². The number of pyridine rings is 1. The molecule has 1 aromatic rings. The van der Waals surface area contributed by atoms with E-state index >= 15 is 0 Å². The largest absolute Gasteiger partial charge is 0.309 e. The van der Waals surface area contributed by atoms with E-state index in [0.717, 1.165) is 18.4 Å². The third kappa shape index (κ3) is 4.23. The Morgan fingerprint density at radius 3 is 2.94 bits per heavy atom. The topological polar surface area (TPSA) is 54.0 Å². The van der Waals surface area contributed by atoms with Crippen LogP contribution in [-0.4, -0.2) is 24.0 Å². The van der Waals surface area contributed by atoms with Gasteiger partial charge in [-0.3, -0.25) is 4.79 Å². The van der Waals surface area contributed by atoms with E-state index in [1.165, 1.54) is 0 Å². The Bertz CT molecular complexity index is 434. The predicted octanol–water partition coefficient (Wildman–Crippen LogP) is 2.65. The Morgan fingerprint density at radius 2 is 2.33 bits per heavy atom. The summed E-state index contributed by atoms with van der Waals surface area (Å²) in [5, 5.41) is 5.83. The lowest BCUT2D eigenvalue weighted by atomic mass is 10.1. The first-order valence-corrected chi connectivity index (χ1v) is 6.60. The van der Waals surface area contributed by atoms with Gasteiger partial charge in [0.2, 0.25) is 5.91 Å². The van der Waals surface area contributed by atoms with Gasteiger partial charge in [-0.15, -0.1) is 6.58 Å². The molecule has 0 fully saturated rings. The van der Waals surface area contributed by atoms with Crippen LogP contribution in [0.4, 0.5) is 5.82 Å². The molecule has 0 aliphatic carbocycles. The molecule has 0 unspecified atom stereocenters. The lowest BCUT2D eigenvalue weighted by Gasteiger charge is -2.15. The first-order valence-electron chi connectivity index (χ1n) is 5.80. The molecule has 0 aliphatic rings. The standard InChI is InChI=1S/C13H18BrN3O/c1-4-5-6-10(15-3)13(18)17-12-9(2)7-8-11(14)16-12/h4,7-8,10,15H,1,5-6H2,2-3H3,(H,16,17,18)/t10-/m0/s1. The van der Waals surface area contributed by atoms with E-state index in [4.69, 9.17) is 0 Å². The second-order valence-electron chi connectivity index (χ2n) is 4.00. The van der Waals surface area contributed by atoms with E-state index in [1.54, 1.807) is 13.1 Å². The number of aromatic nitrogens is 1. The number of nitrogens with zero attached hydrogens (tertiary/aromatic N) is 1. The highest BCUT2D eigenvalue weighted by atomic mass is 79.9. The van der Waals surface area contributed by atoms with Crippen molar-refractivity contribution in [3.63, 3.8) is 0 Å². The van der Waals surface area contributed by atoms with Crippen LogP contribution in [0.1, 0.15) is 18.4 Å². The van der Waals surface area contributed by atoms with Crippen molar-refractivity contribution >= 4 is 27.7 Å². The summed E-state index contributed by atoms with van der Waals surface area (Å²) in [5.41, 5.74) is 0.935. The number of halogens is 1. The highest BCUT2D eigenvalue weighted by molar-refractivity contribution is 9.10. The maximum atomic E-state index is 12.0. The third-order valence-corrected chi connectivity index (χ3v) is 3.07. The zero-order chi connectivity index (χ0) is 13.5. The first kappa shape index (κ1) is 14.9. The minimum atomic E-state index is -0.233. The van der Waals surface area contributed by atoms with Gasteiger partial charge >= 0.3 is 0 Å². The Kier molecular flexibility index (Phi) is 6.01. The fourth-order valence-electron chi connectivity index (χ4n) is 1.53. The maximum Gasteiger partial charge on any atom is 0.242 e. The monoisotopic (exact) mass is 311 g/mol. The van der Waals surface area contributed by atoms with Gasteiger partial charge in [0.1, 0.15) is 10.4 Å². The van der Waals surface area contributed by atoms with E-state index in [1.807, 2.05) is 19.1 Å². The highest BCUT2D eigenvalue weighted by Crippen LogP contribution is 2.16. The normalized spacial score (nSPS) is 11.9. The fraction of sp³-hybridized carbons (Fsp3) is 0.385. The van der Waals surface area contributed by atoms with Crippen LogP contribution in [0.2, 0.25) is 0 Å². The minimum Gasteiger partial charge on any atom is -0.309 e. The molecule has 0 aliphatic heterocycles. The number of allylic oxidation sites excluding steroid dienone is 1. The Labute approximate surface area is 116 Å². The number of hydrogen-bond donors (Lipinski definition) is 2.